The van der Waals surface area contributed by atoms with Gasteiger partial charge in [0.25, 0.3) is 0 Å². The highest BCUT2D eigenvalue weighted by molar-refractivity contribution is 7.92. The molecule has 2 rings (SSSR count). The molecule has 0 aliphatic rings. The highest BCUT2D eigenvalue weighted by atomic mass is 32.2. The molecule has 2 aromatic carbocycles. The van der Waals surface area contributed by atoms with Crippen LogP contribution in [0.25, 0.3) is 6.08 Å². The monoisotopic (exact) mass is 384 g/mol. The van der Waals surface area contributed by atoms with Crippen LogP contribution in [0.4, 0.5) is 0 Å². The summed E-state index contributed by atoms with van der Waals surface area (Å²) >= 11 is 0. The van der Waals surface area contributed by atoms with Gasteiger partial charge in [0.05, 0.1) is 18.1 Å². The van der Waals surface area contributed by atoms with Crippen LogP contribution in [0.1, 0.15) is 28.7 Å². The molecule has 0 atom stereocenters. The highest BCUT2D eigenvalue weighted by Gasteiger charge is 2.09. The van der Waals surface area contributed by atoms with E-state index in [4.69, 9.17) is 10.00 Å². The third-order valence-electron chi connectivity index (χ3n) is 3.68. The second-order valence-electron chi connectivity index (χ2n) is 5.83. The van der Waals surface area contributed by atoms with Gasteiger partial charge in [-0.2, -0.15) is 5.26 Å². The predicted octanol–water partition coefficient (Wildman–Crippen LogP) is 2.89. The molecule has 0 radical (unpaired) electrons. The summed E-state index contributed by atoms with van der Waals surface area (Å²) < 4.78 is 31.3. The maximum atomic E-state index is 11.9. The third-order valence-corrected chi connectivity index (χ3v) is 4.78. The van der Waals surface area contributed by atoms with Crippen molar-refractivity contribution in [3.63, 3.8) is 0 Å². The average Bonchev–Trinajstić information content (AvgIpc) is 2.66. The first-order valence-electron chi connectivity index (χ1n) is 8.28. The molecule has 0 fully saturated rings. The summed E-state index contributed by atoms with van der Waals surface area (Å²) in [5.41, 5.74) is 2.90. The van der Waals surface area contributed by atoms with Gasteiger partial charge >= 0.3 is 5.97 Å². The molecule has 27 heavy (non-hydrogen) atoms. The second-order valence-corrected chi connectivity index (χ2v) is 7.48. The zero-order valence-corrected chi connectivity index (χ0v) is 15.7. The minimum Gasteiger partial charge on any atom is -0.461 e. The number of nitriles is 1. The maximum absolute atomic E-state index is 11.9. The van der Waals surface area contributed by atoms with Crippen molar-refractivity contribution in [2.75, 3.05) is 6.54 Å². The summed E-state index contributed by atoms with van der Waals surface area (Å²) in [5.74, 6) is -0.548. The Morgan fingerprint density at radius 2 is 1.89 bits per heavy atom. The Morgan fingerprint density at radius 1 is 1.19 bits per heavy atom. The summed E-state index contributed by atoms with van der Waals surface area (Å²) in [6.45, 7) is 1.85. The van der Waals surface area contributed by atoms with E-state index in [1.54, 1.807) is 24.3 Å². The molecule has 0 saturated heterocycles. The minimum absolute atomic E-state index is 0.0252. The van der Waals surface area contributed by atoms with E-state index in [1.807, 2.05) is 37.3 Å². The van der Waals surface area contributed by atoms with Crippen LogP contribution in [0.2, 0.25) is 0 Å². The van der Waals surface area contributed by atoms with Crippen molar-refractivity contribution in [1.82, 2.24) is 4.72 Å². The van der Waals surface area contributed by atoms with E-state index in [1.165, 1.54) is 6.08 Å². The summed E-state index contributed by atoms with van der Waals surface area (Å²) in [7, 11) is -3.64. The Kier molecular flexibility index (Phi) is 7.29. The van der Waals surface area contributed by atoms with E-state index in [2.05, 4.69) is 4.72 Å². The molecule has 1 N–H and O–H groups in total. The van der Waals surface area contributed by atoms with E-state index in [0.29, 0.717) is 11.1 Å². The van der Waals surface area contributed by atoms with Crippen LogP contribution in [0.5, 0.6) is 0 Å². The maximum Gasteiger partial charge on any atom is 0.307 e. The van der Waals surface area contributed by atoms with E-state index < -0.39 is 16.0 Å². The Morgan fingerprint density at radius 3 is 2.59 bits per heavy atom. The number of nitrogens with zero attached hydrogens (tertiary/aromatic N) is 1. The quantitative estimate of drug-likeness (QED) is 0.706. The van der Waals surface area contributed by atoms with E-state index >= 15 is 0 Å². The number of nitrogens with one attached hydrogen (secondary N) is 1. The number of aryl methyl sites for hydroxylation is 1. The Labute approximate surface area is 159 Å². The van der Waals surface area contributed by atoms with Crippen LogP contribution in [-0.2, 0) is 26.2 Å². The Balaban J connectivity index is 1.78. The molecule has 0 aromatic heterocycles. The summed E-state index contributed by atoms with van der Waals surface area (Å²) in [6, 6.07) is 16.2. The summed E-state index contributed by atoms with van der Waals surface area (Å²) in [5, 5.41) is 10.0. The van der Waals surface area contributed by atoms with Crippen molar-refractivity contribution in [3.05, 3.63) is 76.2 Å². The molecular weight excluding hydrogens is 364 g/mol. The van der Waals surface area contributed by atoms with Crippen LogP contribution >= 0.6 is 0 Å². The zero-order valence-electron chi connectivity index (χ0n) is 14.9. The van der Waals surface area contributed by atoms with Crippen molar-refractivity contribution in [1.29, 1.82) is 5.26 Å². The molecule has 0 amide bonds. The molecule has 2 aromatic rings. The molecule has 140 valence electrons. The lowest BCUT2D eigenvalue weighted by Crippen LogP contribution is -2.24. The van der Waals surface area contributed by atoms with Gasteiger partial charge in [0, 0.05) is 17.5 Å². The standard InChI is InChI=1S/C20H20N2O4S/c1-16-6-8-17(9-7-16)11-13-27(24,25)22-12-10-20(23)26-15-19-5-3-2-4-18(19)14-21/h2-9,11,13,22H,10,12,15H2,1H3/b13-11+. The number of esters is 1. The van der Waals surface area contributed by atoms with Gasteiger partial charge in [-0.15, -0.1) is 0 Å². The smallest absolute Gasteiger partial charge is 0.307 e. The molecule has 6 nitrogen and oxygen atoms in total. The number of sulfonamides is 1. The van der Waals surface area contributed by atoms with Gasteiger partial charge in [-0.05, 0) is 24.6 Å². The second kappa shape index (κ2) is 9.67. The Hall–Kier alpha value is -2.95. The summed E-state index contributed by atoms with van der Waals surface area (Å²) in [6.07, 6.45) is 1.38. The number of hydrogen-bond donors (Lipinski definition) is 1. The molecule has 0 spiro atoms. The van der Waals surface area contributed by atoms with E-state index in [9.17, 15) is 13.2 Å². The fourth-order valence-electron chi connectivity index (χ4n) is 2.17. The normalized spacial score (nSPS) is 11.3. The predicted molar refractivity (Wildman–Crippen MR) is 103 cm³/mol. The van der Waals surface area contributed by atoms with Gasteiger partial charge in [-0.1, -0.05) is 48.0 Å². The molecule has 0 aliphatic heterocycles. The minimum atomic E-state index is -3.64. The number of hydrogen-bond acceptors (Lipinski definition) is 5. The lowest BCUT2D eigenvalue weighted by atomic mass is 10.1. The van der Waals surface area contributed by atoms with Crippen LogP contribution < -0.4 is 4.72 Å². The van der Waals surface area contributed by atoms with Crippen molar-refractivity contribution >= 4 is 22.1 Å². The number of rotatable bonds is 8. The number of ether oxygens (including phenoxy) is 1. The molecule has 7 heteroatoms. The van der Waals surface area contributed by atoms with E-state index in [-0.39, 0.29) is 19.6 Å². The molecular formula is C20H20N2O4S. The lowest BCUT2D eigenvalue weighted by molar-refractivity contribution is -0.144. The number of carbonyl (C=O) groups is 1. The van der Waals surface area contributed by atoms with Gasteiger partial charge in [0.1, 0.15) is 6.61 Å². The highest BCUT2D eigenvalue weighted by Crippen LogP contribution is 2.09. The molecule has 0 unspecified atom stereocenters. The fourth-order valence-corrected chi connectivity index (χ4v) is 2.99. The largest absolute Gasteiger partial charge is 0.461 e. The Bertz CT molecular complexity index is 958. The van der Waals surface area contributed by atoms with Crippen LogP contribution in [0.3, 0.4) is 0 Å². The first-order valence-corrected chi connectivity index (χ1v) is 9.82. The van der Waals surface area contributed by atoms with Gasteiger partial charge < -0.3 is 4.74 Å². The van der Waals surface area contributed by atoms with Gasteiger partial charge in [0.2, 0.25) is 10.0 Å². The third kappa shape index (κ3) is 7.05. The van der Waals surface area contributed by atoms with Crippen LogP contribution in [-0.4, -0.2) is 20.9 Å². The SMILES string of the molecule is Cc1ccc(/C=C/S(=O)(=O)NCCC(=O)OCc2ccccc2C#N)cc1. The molecule has 0 saturated carbocycles. The first kappa shape index (κ1) is 20.4. The average molecular weight is 384 g/mol. The fraction of sp³-hybridized carbons (Fsp3) is 0.200. The zero-order chi connectivity index (χ0) is 19.7. The van der Waals surface area contributed by atoms with Crippen molar-refractivity contribution < 1.29 is 17.9 Å². The van der Waals surface area contributed by atoms with Crippen molar-refractivity contribution in [2.45, 2.75) is 20.0 Å². The number of benzene rings is 2. The molecule has 0 heterocycles. The number of carbonyl (C=O) groups excluding carboxylic acids is 1. The van der Waals surface area contributed by atoms with Gasteiger partial charge in [-0.25, -0.2) is 13.1 Å². The van der Waals surface area contributed by atoms with Crippen molar-refractivity contribution in [3.8, 4) is 6.07 Å². The first-order chi connectivity index (χ1) is 12.9. The molecule has 0 bridgehead atoms. The van der Waals surface area contributed by atoms with Gasteiger partial charge in [-0.3, -0.25) is 4.79 Å². The molecule has 0 aliphatic carbocycles. The van der Waals surface area contributed by atoms with Crippen LogP contribution in [0.15, 0.2) is 53.9 Å². The van der Waals surface area contributed by atoms with Gasteiger partial charge in [0.15, 0.2) is 0 Å². The lowest BCUT2D eigenvalue weighted by Gasteiger charge is -2.06. The topological polar surface area (TPSA) is 96.3 Å². The summed E-state index contributed by atoms with van der Waals surface area (Å²) in [4.78, 5) is 11.8. The van der Waals surface area contributed by atoms with E-state index in [0.717, 1.165) is 16.5 Å². The van der Waals surface area contributed by atoms with Crippen LogP contribution in [0, 0.1) is 18.3 Å². The van der Waals surface area contributed by atoms with Crippen molar-refractivity contribution in [2.24, 2.45) is 0 Å².